The van der Waals surface area contributed by atoms with Crippen molar-refractivity contribution in [2.45, 2.75) is 6.92 Å². The van der Waals surface area contributed by atoms with Crippen LogP contribution in [0.4, 0.5) is 16.6 Å². The van der Waals surface area contributed by atoms with Gasteiger partial charge in [-0.05, 0) is 37.3 Å². The van der Waals surface area contributed by atoms with Crippen LogP contribution in [0.5, 0.6) is 0 Å². The summed E-state index contributed by atoms with van der Waals surface area (Å²) >= 11 is 1.41. The van der Waals surface area contributed by atoms with Crippen molar-refractivity contribution in [3.05, 3.63) is 83.6 Å². The van der Waals surface area contributed by atoms with Crippen LogP contribution >= 0.6 is 11.3 Å². The summed E-state index contributed by atoms with van der Waals surface area (Å²) in [6, 6.07) is 17.1. The lowest BCUT2D eigenvalue weighted by Crippen LogP contribution is -2.11. The molecule has 4 aromatic rings. The van der Waals surface area contributed by atoms with Gasteiger partial charge in [0, 0.05) is 28.4 Å². The Bertz CT molecular complexity index is 1080. The molecule has 2 N–H and O–H groups in total. The molecular weight excluding hydrogens is 370 g/mol. The minimum absolute atomic E-state index is 0.196. The number of anilines is 3. The van der Waals surface area contributed by atoms with Crippen molar-refractivity contribution in [1.82, 2.24) is 15.0 Å². The van der Waals surface area contributed by atoms with Gasteiger partial charge in [-0.25, -0.2) is 15.0 Å². The summed E-state index contributed by atoms with van der Waals surface area (Å²) < 4.78 is 0. The number of aryl methyl sites for hydroxylation is 1. The number of amides is 1. The maximum absolute atomic E-state index is 12.5. The van der Waals surface area contributed by atoms with Gasteiger partial charge in [-0.1, -0.05) is 29.8 Å². The Hall–Kier alpha value is -3.58. The maximum atomic E-state index is 12.5. The maximum Gasteiger partial charge on any atom is 0.257 e. The van der Waals surface area contributed by atoms with E-state index < -0.39 is 0 Å². The van der Waals surface area contributed by atoms with Crippen LogP contribution in [0.15, 0.2) is 72.5 Å². The monoisotopic (exact) mass is 387 g/mol. The topological polar surface area (TPSA) is 79.8 Å². The minimum Gasteiger partial charge on any atom is -0.340 e. The molecule has 0 saturated carbocycles. The lowest BCUT2D eigenvalue weighted by atomic mass is 10.1. The zero-order valence-electron chi connectivity index (χ0n) is 15.1. The van der Waals surface area contributed by atoms with Gasteiger partial charge < -0.3 is 5.32 Å². The molecule has 0 aliphatic carbocycles. The molecule has 0 atom stereocenters. The van der Waals surface area contributed by atoms with Gasteiger partial charge in [-0.2, -0.15) is 0 Å². The van der Waals surface area contributed by atoms with Gasteiger partial charge in [0.15, 0.2) is 5.13 Å². The standard InChI is InChI=1S/C21H17N5OS/c1-14-2-4-15(5-3-14)18-12-28-21(25-18)26-20(27)16-6-8-17(9-7-16)24-19-10-11-22-13-23-19/h2-13H,1H3,(H,22,23,24)(H,25,26,27). The third-order valence-electron chi connectivity index (χ3n) is 4.07. The van der Waals surface area contributed by atoms with Crippen molar-refractivity contribution < 1.29 is 4.79 Å². The van der Waals surface area contributed by atoms with Gasteiger partial charge in [0.2, 0.25) is 0 Å². The molecule has 0 radical (unpaired) electrons. The highest BCUT2D eigenvalue weighted by Gasteiger charge is 2.10. The van der Waals surface area contributed by atoms with Crippen LogP contribution in [-0.2, 0) is 0 Å². The predicted octanol–water partition coefficient (Wildman–Crippen LogP) is 4.90. The lowest BCUT2D eigenvalue weighted by Gasteiger charge is -2.06. The molecule has 28 heavy (non-hydrogen) atoms. The van der Waals surface area contributed by atoms with E-state index in [1.165, 1.54) is 23.2 Å². The van der Waals surface area contributed by atoms with E-state index in [0.717, 1.165) is 16.9 Å². The van der Waals surface area contributed by atoms with Crippen LogP contribution in [0.3, 0.4) is 0 Å². The highest BCUT2D eigenvalue weighted by atomic mass is 32.1. The van der Waals surface area contributed by atoms with Crippen LogP contribution in [0.25, 0.3) is 11.3 Å². The summed E-state index contributed by atoms with van der Waals surface area (Å²) in [5.74, 6) is 0.497. The summed E-state index contributed by atoms with van der Waals surface area (Å²) in [6.07, 6.45) is 3.14. The van der Waals surface area contributed by atoms with Crippen molar-refractivity contribution in [1.29, 1.82) is 0 Å². The van der Waals surface area contributed by atoms with E-state index in [1.54, 1.807) is 24.4 Å². The van der Waals surface area contributed by atoms with Crippen LogP contribution in [0.2, 0.25) is 0 Å². The van der Waals surface area contributed by atoms with Gasteiger partial charge >= 0.3 is 0 Å². The Kier molecular flexibility index (Phi) is 5.07. The molecule has 2 aromatic heterocycles. The van der Waals surface area contributed by atoms with E-state index in [9.17, 15) is 4.79 Å². The molecule has 0 spiro atoms. The Morgan fingerprint density at radius 1 is 1.00 bits per heavy atom. The molecule has 0 fully saturated rings. The number of thiazole rings is 1. The fourth-order valence-electron chi connectivity index (χ4n) is 2.57. The van der Waals surface area contributed by atoms with E-state index in [4.69, 9.17) is 0 Å². The molecule has 0 saturated heterocycles. The van der Waals surface area contributed by atoms with Crippen molar-refractivity contribution in [2.75, 3.05) is 10.6 Å². The molecule has 0 aliphatic heterocycles. The summed E-state index contributed by atoms with van der Waals surface area (Å²) in [7, 11) is 0. The minimum atomic E-state index is -0.196. The number of nitrogens with one attached hydrogen (secondary N) is 2. The molecule has 1 amide bonds. The molecule has 4 rings (SSSR count). The van der Waals surface area contributed by atoms with Crippen molar-refractivity contribution in [2.24, 2.45) is 0 Å². The number of hydrogen-bond donors (Lipinski definition) is 2. The van der Waals surface area contributed by atoms with Crippen LogP contribution in [0, 0.1) is 6.92 Å². The van der Waals surface area contributed by atoms with Gasteiger partial charge in [-0.15, -0.1) is 11.3 Å². The van der Waals surface area contributed by atoms with E-state index in [0.29, 0.717) is 16.5 Å². The first-order valence-corrected chi connectivity index (χ1v) is 9.52. The molecular formula is C21H17N5OS. The highest BCUT2D eigenvalue weighted by Crippen LogP contribution is 2.25. The van der Waals surface area contributed by atoms with Crippen LogP contribution < -0.4 is 10.6 Å². The number of nitrogens with zero attached hydrogens (tertiary/aromatic N) is 3. The summed E-state index contributed by atoms with van der Waals surface area (Å²) in [5.41, 5.74) is 4.48. The Morgan fingerprint density at radius 3 is 2.50 bits per heavy atom. The van der Waals surface area contributed by atoms with Gasteiger partial charge in [-0.3, -0.25) is 10.1 Å². The van der Waals surface area contributed by atoms with Crippen molar-refractivity contribution in [3.8, 4) is 11.3 Å². The molecule has 0 bridgehead atoms. The van der Waals surface area contributed by atoms with Gasteiger partial charge in [0.05, 0.1) is 5.69 Å². The van der Waals surface area contributed by atoms with E-state index in [2.05, 4.69) is 25.6 Å². The number of hydrogen-bond acceptors (Lipinski definition) is 6. The average molecular weight is 387 g/mol. The summed E-state index contributed by atoms with van der Waals surface area (Å²) in [5, 5.41) is 8.52. The van der Waals surface area contributed by atoms with E-state index >= 15 is 0 Å². The molecule has 0 unspecified atom stereocenters. The summed E-state index contributed by atoms with van der Waals surface area (Å²) in [6.45, 7) is 2.05. The fraction of sp³-hybridized carbons (Fsp3) is 0.0476. The number of carbonyl (C=O) groups is 1. The first-order valence-electron chi connectivity index (χ1n) is 8.64. The average Bonchev–Trinajstić information content (AvgIpc) is 3.18. The second-order valence-electron chi connectivity index (χ2n) is 6.16. The third-order valence-corrected chi connectivity index (χ3v) is 4.83. The first-order chi connectivity index (χ1) is 13.7. The second-order valence-corrected chi connectivity index (χ2v) is 7.01. The first kappa shape index (κ1) is 17.8. The number of rotatable bonds is 5. The summed E-state index contributed by atoms with van der Waals surface area (Å²) in [4.78, 5) is 25.0. The zero-order valence-corrected chi connectivity index (χ0v) is 15.9. The Balaban J connectivity index is 1.42. The molecule has 6 nitrogen and oxygen atoms in total. The smallest absolute Gasteiger partial charge is 0.257 e. The SMILES string of the molecule is Cc1ccc(-c2csc(NC(=O)c3ccc(Nc4ccncn4)cc3)n2)cc1. The molecule has 7 heteroatoms. The second kappa shape index (κ2) is 7.98. The predicted molar refractivity (Wildman–Crippen MR) is 112 cm³/mol. The quantitative estimate of drug-likeness (QED) is 0.509. The molecule has 2 aromatic carbocycles. The fourth-order valence-corrected chi connectivity index (χ4v) is 3.29. The Morgan fingerprint density at radius 2 is 1.79 bits per heavy atom. The van der Waals surface area contributed by atoms with Crippen molar-refractivity contribution >= 4 is 33.9 Å². The Labute approximate surface area is 166 Å². The third kappa shape index (κ3) is 4.21. The lowest BCUT2D eigenvalue weighted by molar-refractivity contribution is 0.102. The molecule has 138 valence electrons. The normalized spacial score (nSPS) is 10.5. The van der Waals surface area contributed by atoms with Crippen LogP contribution in [-0.4, -0.2) is 20.9 Å². The molecule has 0 aliphatic rings. The van der Waals surface area contributed by atoms with Crippen LogP contribution in [0.1, 0.15) is 15.9 Å². The van der Waals surface area contributed by atoms with Gasteiger partial charge in [0.25, 0.3) is 5.91 Å². The number of benzene rings is 2. The highest BCUT2D eigenvalue weighted by molar-refractivity contribution is 7.14. The largest absolute Gasteiger partial charge is 0.340 e. The van der Waals surface area contributed by atoms with E-state index in [-0.39, 0.29) is 5.91 Å². The number of carbonyl (C=O) groups excluding carboxylic acids is 1. The molecule has 2 heterocycles. The van der Waals surface area contributed by atoms with Crippen molar-refractivity contribution in [3.63, 3.8) is 0 Å². The van der Waals surface area contributed by atoms with Gasteiger partial charge in [0.1, 0.15) is 12.1 Å². The van der Waals surface area contributed by atoms with E-state index in [1.807, 2.05) is 48.7 Å². The number of aromatic nitrogens is 3. The zero-order chi connectivity index (χ0) is 19.3.